The van der Waals surface area contributed by atoms with Crippen LogP contribution in [-0.4, -0.2) is 19.1 Å². The monoisotopic (exact) mass is 314 g/mol. The third kappa shape index (κ3) is 1.73. The quantitative estimate of drug-likeness (QED) is 0.866. The number of halogens is 1. The zero-order chi connectivity index (χ0) is 10.8. The lowest BCUT2D eigenvalue weighted by Gasteiger charge is -2.10. The summed E-state index contributed by atoms with van der Waals surface area (Å²) in [5, 5.41) is 4.27. The standard InChI is InChI=1S/C11H11IN2O/c1-13-10-7-4-3-5-9(15-2)11(7)14-6-8(10)12/h3-6H,1-2H3,(H,13,14). The van der Waals surface area contributed by atoms with Gasteiger partial charge in [-0.1, -0.05) is 12.1 Å². The number of aromatic nitrogens is 1. The second kappa shape index (κ2) is 4.22. The van der Waals surface area contributed by atoms with Crippen molar-refractivity contribution in [2.75, 3.05) is 19.5 Å². The van der Waals surface area contributed by atoms with Crippen molar-refractivity contribution in [3.05, 3.63) is 28.0 Å². The fourth-order valence-electron chi connectivity index (χ4n) is 1.59. The number of hydrogen-bond donors (Lipinski definition) is 1. The van der Waals surface area contributed by atoms with Crippen molar-refractivity contribution >= 4 is 39.2 Å². The first-order chi connectivity index (χ1) is 7.27. The van der Waals surface area contributed by atoms with Gasteiger partial charge in [0.25, 0.3) is 0 Å². The normalized spacial score (nSPS) is 10.3. The van der Waals surface area contributed by atoms with E-state index in [4.69, 9.17) is 4.74 Å². The second-order valence-electron chi connectivity index (χ2n) is 3.09. The Bertz CT molecular complexity index is 499. The number of nitrogens with one attached hydrogen (secondary N) is 1. The summed E-state index contributed by atoms with van der Waals surface area (Å²) in [6.45, 7) is 0. The Morgan fingerprint density at radius 2 is 2.20 bits per heavy atom. The van der Waals surface area contributed by atoms with E-state index in [1.54, 1.807) is 7.11 Å². The number of anilines is 1. The van der Waals surface area contributed by atoms with E-state index in [1.165, 1.54) is 0 Å². The van der Waals surface area contributed by atoms with Crippen molar-refractivity contribution in [2.45, 2.75) is 0 Å². The molecule has 0 aliphatic heterocycles. The van der Waals surface area contributed by atoms with E-state index in [1.807, 2.05) is 31.4 Å². The maximum Gasteiger partial charge on any atom is 0.145 e. The van der Waals surface area contributed by atoms with E-state index in [0.717, 1.165) is 25.9 Å². The van der Waals surface area contributed by atoms with Gasteiger partial charge in [0, 0.05) is 18.6 Å². The third-order valence-corrected chi connectivity index (χ3v) is 3.10. The summed E-state index contributed by atoms with van der Waals surface area (Å²) in [4.78, 5) is 4.39. The number of para-hydroxylation sites is 1. The van der Waals surface area contributed by atoms with Crippen LogP contribution in [0, 0.1) is 3.57 Å². The molecule has 1 heterocycles. The zero-order valence-electron chi connectivity index (χ0n) is 8.54. The largest absolute Gasteiger partial charge is 0.494 e. The highest BCUT2D eigenvalue weighted by Gasteiger charge is 2.08. The van der Waals surface area contributed by atoms with Gasteiger partial charge in [0.15, 0.2) is 0 Å². The molecule has 0 fully saturated rings. The number of pyridine rings is 1. The van der Waals surface area contributed by atoms with Gasteiger partial charge in [-0.15, -0.1) is 0 Å². The first-order valence-corrected chi connectivity index (χ1v) is 5.64. The Kier molecular flexibility index (Phi) is 2.95. The number of rotatable bonds is 2. The minimum absolute atomic E-state index is 0.806. The van der Waals surface area contributed by atoms with E-state index in [-0.39, 0.29) is 0 Å². The van der Waals surface area contributed by atoms with Crippen LogP contribution in [0.25, 0.3) is 10.9 Å². The highest BCUT2D eigenvalue weighted by molar-refractivity contribution is 14.1. The highest BCUT2D eigenvalue weighted by atomic mass is 127. The van der Waals surface area contributed by atoms with Gasteiger partial charge in [0.1, 0.15) is 11.3 Å². The number of hydrogen-bond acceptors (Lipinski definition) is 3. The molecular formula is C11H11IN2O. The molecule has 1 aromatic heterocycles. The van der Waals surface area contributed by atoms with E-state index in [0.29, 0.717) is 0 Å². The predicted octanol–water partition coefficient (Wildman–Crippen LogP) is 2.89. The molecule has 1 aromatic carbocycles. The lowest BCUT2D eigenvalue weighted by atomic mass is 10.2. The van der Waals surface area contributed by atoms with Gasteiger partial charge in [-0.2, -0.15) is 0 Å². The fourth-order valence-corrected chi connectivity index (χ4v) is 2.29. The average molecular weight is 314 g/mol. The molecule has 0 radical (unpaired) electrons. The summed E-state index contributed by atoms with van der Waals surface area (Å²) in [5.41, 5.74) is 1.99. The molecule has 0 saturated carbocycles. The van der Waals surface area contributed by atoms with Crippen molar-refractivity contribution < 1.29 is 4.74 Å². The number of methoxy groups -OCH3 is 1. The molecule has 4 heteroatoms. The fraction of sp³-hybridized carbons (Fsp3) is 0.182. The zero-order valence-corrected chi connectivity index (χ0v) is 10.7. The molecule has 3 nitrogen and oxygen atoms in total. The number of nitrogens with zero attached hydrogens (tertiary/aromatic N) is 1. The number of ether oxygens (including phenoxy) is 1. The first kappa shape index (κ1) is 10.5. The third-order valence-electron chi connectivity index (χ3n) is 2.28. The van der Waals surface area contributed by atoms with Crippen LogP contribution in [0.3, 0.4) is 0 Å². The van der Waals surface area contributed by atoms with E-state index < -0.39 is 0 Å². The van der Waals surface area contributed by atoms with Crippen LogP contribution in [0.5, 0.6) is 5.75 Å². The van der Waals surface area contributed by atoms with Crippen molar-refractivity contribution in [3.8, 4) is 5.75 Å². The van der Waals surface area contributed by atoms with Crippen molar-refractivity contribution in [1.29, 1.82) is 0 Å². The maximum absolute atomic E-state index is 5.27. The van der Waals surface area contributed by atoms with Crippen LogP contribution < -0.4 is 10.1 Å². The van der Waals surface area contributed by atoms with Crippen LogP contribution >= 0.6 is 22.6 Å². The van der Waals surface area contributed by atoms with Crippen molar-refractivity contribution in [1.82, 2.24) is 4.98 Å². The molecule has 0 atom stereocenters. The summed E-state index contributed by atoms with van der Waals surface area (Å²) in [6.07, 6.45) is 1.84. The summed E-state index contributed by atoms with van der Waals surface area (Å²) in [6, 6.07) is 5.93. The molecular weight excluding hydrogens is 303 g/mol. The Morgan fingerprint density at radius 3 is 2.87 bits per heavy atom. The number of fused-ring (bicyclic) bond motifs is 1. The summed E-state index contributed by atoms with van der Waals surface area (Å²) in [5.74, 6) is 0.806. The lowest BCUT2D eigenvalue weighted by molar-refractivity contribution is 0.419. The van der Waals surface area contributed by atoms with E-state index in [2.05, 4.69) is 32.9 Å². The van der Waals surface area contributed by atoms with E-state index >= 15 is 0 Å². The number of benzene rings is 1. The van der Waals surface area contributed by atoms with Crippen LogP contribution in [0.4, 0.5) is 5.69 Å². The second-order valence-corrected chi connectivity index (χ2v) is 4.25. The minimum Gasteiger partial charge on any atom is -0.494 e. The summed E-state index contributed by atoms with van der Waals surface area (Å²) in [7, 11) is 3.57. The van der Waals surface area contributed by atoms with E-state index in [9.17, 15) is 0 Å². The van der Waals surface area contributed by atoms with Gasteiger partial charge in [-0.05, 0) is 28.7 Å². The SMILES string of the molecule is CNc1c(I)cnc2c(OC)cccc12. The van der Waals surface area contributed by atoms with Gasteiger partial charge in [0.05, 0.1) is 16.4 Å². The molecule has 1 N–H and O–H groups in total. The van der Waals surface area contributed by atoms with Crippen LogP contribution in [0.1, 0.15) is 0 Å². The Balaban J connectivity index is 2.82. The Hall–Kier alpha value is -1.04. The van der Waals surface area contributed by atoms with Gasteiger partial charge >= 0.3 is 0 Å². The molecule has 0 spiro atoms. The Morgan fingerprint density at radius 1 is 1.40 bits per heavy atom. The molecule has 0 bridgehead atoms. The molecule has 0 saturated heterocycles. The van der Waals surface area contributed by atoms with Crippen LogP contribution in [0.15, 0.2) is 24.4 Å². The molecule has 0 aliphatic rings. The lowest BCUT2D eigenvalue weighted by Crippen LogP contribution is -1.96. The van der Waals surface area contributed by atoms with Gasteiger partial charge < -0.3 is 10.1 Å². The topological polar surface area (TPSA) is 34.2 Å². The molecule has 78 valence electrons. The van der Waals surface area contributed by atoms with Crippen LogP contribution in [-0.2, 0) is 0 Å². The molecule has 2 rings (SSSR count). The Labute approximate surface area is 102 Å². The summed E-state index contributed by atoms with van der Waals surface area (Å²) < 4.78 is 6.38. The summed E-state index contributed by atoms with van der Waals surface area (Å²) >= 11 is 2.27. The minimum atomic E-state index is 0.806. The predicted molar refractivity (Wildman–Crippen MR) is 70.6 cm³/mol. The highest BCUT2D eigenvalue weighted by Crippen LogP contribution is 2.31. The van der Waals surface area contributed by atoms with Gasteiger partial charge in [-0.25, -0.2) is 0 Å². The molecule has 0 aliphatic carbocycles. The smallest absolute Gasteiger partial charge is 0.145 e. The average Bonchev–Trinajstić information content (AvgIpc) is 2.28. The van der Waals surface area contributed by atoms with Gasteiger partial charge in [-0.3, -0.25) is 4.98 Å². The maximum atomic E-state index is 5.27. The first-order valence-electron chi connectivity index (χ1n) is 4.57. The van der Waals surface area contributed by atoms with Crippen molar-refractivity contribution in [3.63, 3.8) is 0 Å². The van der Waals surface area contributed by atoms with Crippen molar-refractivity contribution in [2.24, 2.45) is 0 Å². The molecule has 15 heavy (non-hydrogen) atoms. The molecule has 2 aromatic rings. The van der Waals surface area contributed by atoms with Crippen LogP contribution in [0.2, 0.25) is 0 Å². The molecule has 0 amide bonds. The van der Waals surface area contributed by atoms with Gasteiger partial charge in [0.2, 0.25) is 0 Å². The molecule has 0 unspecified atom stereocenters.